The molecule has 2 rings (SSSR count). The maximum atomic E-state index is 12.1. The molecule has 0 heterocycles. The molecule has 5 heteroatoms. The molecule has 0 aliphatic carbocycles. The van der Waals surface area contributed by atoms with E-state index < -0.39 is 11.9 Å². The number of nitrogens with two attached hydrogens (primary N) is 1. The van der Waals surface area contributed by atoms with Gasteiger partial charge in [0, 0.05) is 17.1 Å². The molecule has 0 aliphatic heterocycles. The van der Waals surface area contributed by atoms with Crippen LogP contribution in [0.3, 0.4) is 0 Å². The lowest BCUT2D eigenvalue weighted by Crippen LogP contribution is -2.46. The second-order valence-corrected chi connectivity index (χ2v) is 5.83. The van der Waals surface area contributed by atoms with Gasteiger partial charge in [-0.2, -0.15) is 11.8 Å². The summed E-state index contributed by atoms with van der Waals surface area (Å²) >= 11 is 1.56. The number of carbonyl (C=O) groups is 2. The third kappa shape index (κ3) is 4.93. The van der Waals surface area contributed by atoms with Crippen molar-refractivity contribution in [1.29, 1.82) is 0 Å². The fourth-order valence-corrected chi connectivity index (χ4v) is 2.92. The van der Waals surface area contributed by atoms with Crippen molar-refractivity contribution < 1.29 is 9.59 Å². The van der Waals surface area contributed by atoms with E-state index in [-0.39, 0.29) is 5.91 Å². The summed E-state index contributed by atoms with van der Waals surface area (Å²) in [6.07, 6.45) is 0. The Balaban J connectivity index is 1.87. The van der Waals surface area contributed by atoms with E-state index in [1.54, 1.807) is 36.0 Å². The van der Waals surface area contributed by atoms with Crippen molar-refractivity contribution in [2.45, 2.75) is 11.8 Å². The smallest absolute Gasteiger partial charge is 0.251 e. The molecular formula is C17H18N2O2S. The lowest BCUT2D eigenvalue weighted by molar-refractivity contribution is -0.119. The maximum Gasteiger partial charge on any atom is 0.251 e. The molecule has 0 radical (unpaired) electrons. The van der Waals surface area contributed by atoms with E-state index in [9.17, 15) is 9.59 Å². The van der Waals surface area contributed by atoms with Crippen LogP contribution in [0.15, 0.2) is 60.7 Å². The first-order valence-electron chi connectivity index (χ1n) is 6.93. The quantitative estimate of drug-likeness (QED) is 0.823. The van der Waals surface area contributed by atoms with Crippen molar-refractivity contribution in [2.75, 3.05) is 5.75 Å². The van der Waals surface area contributed by atoms with E-state index in [1.807, 2.05) is 36.4 Å². The van der Waals surface area contributed by atoms with Crippen LogP contribution in [0.4, 0.5) is 0 Å². The van der Waals surface area contributed by atoms with Crippen molar-refractivity contribution in [3.63, 3.8) is 0 Å². The van der Waals surface area contributed by atoms with E-state index in [1.165, 1.54) is 5.56 Å². The van der Waals surface area contributed by atoms with Crippen molar-refractivity contribution in [3.05, 3.63) is 71.8 Å². The highest BCUT2D eigenvalue weighted by atomic mass is 32.2. The Morgan fingerprint density at radius 1 is 1.00 bits per heavy atom. The Bertz CT molecular complexity index is 617. The van der Waals surface area contributed by atoms with Gasteiger partial charge in [-0.3, -0.25) is 9.59 Å². The molecular weight excluding hydrogens is 296 g/mol. The number of benzene rings is 2. The summed E-state index contributed by atoms with van der Waals surface area (Å²) in [5.41, 5.74) is 7.06. The number of primary amides is 1. The van der Waals surface area contributed by atoms with Crippen molar-refractivity contribution in [3.8, 4) is 0 Å². The molecule has 1 atom stereocenters. The highest BCUT2D eigenvalue weighted by molar-refractivity contribution is 7.98. The second-order valence-electron chi connectivity index (χ2n) is 4.80. The molecule has 0 aromatic heterocycles. The van der Waals surface area contributed by atoms with Crippen LogP contribution in [0.25, 0.3) is 0 Å². The molecule has 0 saturated carbocycles. The zero-order valence-electron chi connectivity index (χ0n) is 12.1. The number of thioether (sulfide) groups is 1. The number of carbonyl (C=O) groups excluding carboxylic acids is 2. The highest BCUT2D eigenvalue weighted by Crippen LogP contribution is 2.13. The Labute approximate surface area is 134 Å². The van der Waals surface area contributed by atoms with Gasteiger partial charge in [-0.15, -0.1) is 0 Å². The Kier molecular flexibility index (Phi) is 6.03. The fraction of sp³-hybridized carbons (Fsp3) is 0.176. The molecule has 0 aliphatic rings. The van der Waals surface area contributed by atoms with Crippen molar-refractivity contribution >= 4 is 23.6 Å². The molecule has 0 spiro atoms. The van der Waals surface area contributed by atoms with Gasteiger partial charge in [-0.1, -0.05) is 48.5 Å². The Hall–Kier alpha value is -2.27. The van der Waals surface area contributed by atoms with Crippen LogP contribution < -0.4 is 11.1 Å². The largest absolute Gasteiger partial charge is 0.368 e. The van der Waals surface area contributed by atoms with Gasteiger partial charge in [0.1, 0.15) is 6.04 Å². The molecule has 0 saturated heterocycles. The second kappa shape index (κ2) is 8.24. The minimum atomic E-state index is -0.679. The van der Waals surface area contributed by atoms with Crippen LogP contribution in [-0.2, 0) is 10.5 Å². The van der Waals surface area contributed by atoms with Crippen LogP contribution in [0.5, 0.6) is 0 Å². The zero-order valence-corrected chi connectivity index (χ0v) is 12.9. The molecule has 2 aromatic carbocycles. The molecule has 0 unspecified atom stereocenters. The normalized spacial score (nSPS) is 11.6. The van der Waals surface area contributed by atoms with Gasteiger partial charge in [0.25, 0.3) is 5.91 Å². The molecule has 4 nitrogen and oxygen atoms in total. The molecule has 2 aromatic rings. The average molecular weight is 314 g/mol. The van der Waals surface area contributed by atoms with E-state index >= 15 is 0 Å². The summed E-state index contributed by atoms with van der Waals surface area (Å²) in [6.45, 7) is 0. The van der Waals surface area contributed by atoms with Gasteiger partial charge >= 0.3 is 0 Å². The van der Waals surface area contributed by atoms with Crippen LogP contribution >= 0.6 is 11.8 Å². The van der Waals surface area contributed by atoms with Crippen molar-refractivity contribution in [1.82, 2.24) is 5.32 Å². The molecule has 114 valence electrons. The molecule has 3 N–H and O–H groups in total. The van der Waals surface area contributed by atoms with Gasteiger partial charge < -0.3 is 11.1 Å². The number of rotatable bonds is 7. The van der Waals surface area contributed by atoms with Gasteiger partial charge in [0.2, 0.25) is 5.91 Å². The van der Waals surface area contributed by atoms with E-state index in [0.717, 1.165) is 5.75 Å². The lowest BCUT2D eigenvalue weighted by atomic mass is 10.2. The molecule has 22 heavy (non-hydrogen) atoms. The summed E-state index contributed by atoms with van der Waals surface area (Å²) in [6, 6.07) is 18.0. The van der Waals surface area contributed by atoms with E-state index in [0.29, 0.717) is 11.3 Å². The average Bonchev–Trinajstić information content (AvgIpc) is 2.55. The summed E-state index contributed by atoms with van der Waals surface area (Å²) in [5.74, 6) is 0.406. The van der Waals surface area contributed by atoms with Crippen LogP contribution in [0, 0.1) is 0 Å². The van der Waals surface area contributed by atoms with Gasteiger partial charge in [-0.05, 0) is 17.7 Å². The van der Waals surface area contributed by atoms with Crippen LogP contribution in [0.1, 0.15) is 15.9 Å². The summed E-state index contributed by atoms with van der Waals surface area (Å²) < 4.78 is 0. The van der Waals surface area contributed by atoms with E-state index in [2.05, 4.69) is 5.32 Å². The van der Waals surface area contributed by atoms with Gasteiger partial charge in [0.05, 0.1) is 0 Å². The third-order valence-corrected chi connectivity index (χ3v) is 4.19. The highest BCUT2D eigenvalue weighted by Gasteiger charge is 2.18. The Morgan fingerprint density at radius 3 is 2.18 bits per heavy atom. The van der Waals surface area contributed by atoms with E-state index in [4.69, 9.17) is 5.73 Å². The monoisotopic (exact) mass is 314 g/mol. The lowest BCUT2D eigenvalue weighted by Gasteiger charge is -2.15. The van der Waals surface area contributed by atoms with Gasteiger partial charge in [0.15, 0.2) is 0 Å². The minimum absolute atomic E-state index is 0.287. The summed E-state index contributed by atoms with van der Waals surface area (Å²) in [5, 5.41) is 2.68. The molecule has 0 fully saturated rings. The van der Waals surface area contributed by atoms with Crippen LogP contribution in [-0.4, -0.2) is 23.6 Å². The first-order chi connectivity index (χ1) is 10.7. The first kappa shape index (κ1) is 16.1. The number of amides is 2. The zero-order chi connectivity index (χ0) is 15.8. The SMILES string of the molecule is NC(=O)[C@@H](CSCc1ccccc1)NC(=O)c1ccccc1. The Morgan fingerprint density at radius 2 is 1.59 bits per heavy atom. The van der Waals surface area contributed by atoms with Crippen molar-refractivity contribution in [2.24, 2.45) is 5.73 Å². The summed E-state index contributed by atoms with van der Waals surface area (Å²) in [4.78, 5) is 23.6. The molecule has 2 amide bonds. The van der Waals surface area contributed by atoms with Gasteiger partial charge in [-0.25, -0.2) is 0 Å². The topological polar surface area (TPSA) is 72.2 Å². The third-order valence-electron chi connectivity index (χ3n) is 3.08. The molecule has 0 bridgehead atoms. The number of nitrogens with one attached hydrogen (secondary N) is 1. The van der Waals surface area contributed by atoms with Crippen LogP contribution in [0.2, 0.25) is 0 Å². The minimum Gasteiger partial charge on any atom is -0.368 e. The first-order valence-corrected chi connectivity index (χ1v) is 8.09. The fourth-order valence-electron chi connectivity index (χ4n) is 1.89. The number of hydrogen-bond acceptors (Lipinski definition) is 3. The predicted molar refractivity (Wildman–Crippen MR) is 89.5 cm³/mol. The predicted octanol–water partition coefficient (Wildman–Crippen LogP) is 2.20. The number of hydrogen-bond donors (Lipinski definition) is 2. The maximum absolute atomic E-state index is 12.1. The summed E-state index contributed by atoms with van der Waals surface area (Å²) in [7, 11) is 0. The standard InChI is InChI=1S/C17H18N2O2S/c18-16(20)15(12-22-11-13-7-3-1-4-8-13)19-17(21)14-9-5-2-6-10-14/h1-10,15H,11-12H2,(H2,18,20)(H,19,21)/t15-/m1/s1.